The van der Waals surface area contributed by atoms with E-state index in [2.05, 4.69) is 37.6 Å². The fraction of sp³-hybridized carbons (Fsp3) is 0.333. The second kappa shape index (κ2) is 9.13. The van der Waals surface area contributed by atoms with Crippen LogP contribution in [0.1, 0.15) is 48.3 Å². The normalized spacial score (nSPS) is 17.9. The van der Waals surface area contributed by atoms with Crippen molar-refractivity contribution in [2.45, 2.75) is 32.1 Å². The van der Waals surface area contributed by atoms with Crippen molar-refractivity contribution in [1.82, 2.24) is 19.3 Å². The average molecular weight is 545 g/mol. The van der Waals surface area contributed by atoms with Gasteiger partial charge < -0.3 is 9.72 Å². The van der Waals surface area contributed by atoms with Gasteiger partial charge >= 0.3 is 0 Å². The van der Waals surface area contributed by atoms with E-state index in [9.17, 15) is 9.59 Å². The molecule has 1 aromatic carbocycles. The number of imidazole rings is 1. The lowest BCUT2D eigenvalue weighted by Crippen LogP contribution is -2.27. The first-order valence-electron chi connectivity index (χ1n) is 11.0. The summed E-state index contributed by atoms with van der Waals surface area (Å²) in [6.45, 7) is 7.36. The van der Waals surface area contributed by atoms with E-state index in [1.165, 1.54) is 0 Å². The molecule has 0 atom stereocenters. The van der Waals surface area contributed by atoms with Crippen molar-refractivity contribution in [3.63, 3.8) is 0 Å². The number of H-pyrrole nitrogens is 1. The number of aromatic nitrogens is 3. The Morgan fingerprint density at radius 1 is 1.35 bits per heavy atom. The Balaban J connectivity index is 1.62. The van der Waals surface area contributed by atoms with Gasteiger partial charge in [-0.05, 0) is 61.2 Å². The molecule has 8 nitrogen and oxygen atoms in total. The summed E-state index contributed by atoms with van der Waals surface area (Å²) >= 11 is 10.1. The average Bonchev–Trinajstić information content (AvgIpc) is 3.44. The quantitative estimate of drug-likeness (QED) is 0.479. The van der Waals surface area contributed by atoms with E-state index in [1.807, 2.05) is 17.4 Å². The predicted molar refractivity (Wildman–Crippen MR) is 136 cm³/mol. The summed E-state index contributed by atoms with van der Waals surface area (Å²) in [7, 11) is 0. The molecule has 0 saturated carbocycles. The zero-order chi connectivity index (χ0) is 24.0. The number of ether oxygens (including phenoxy) is 1. The molecule has 34 heavy (non-hydrogen) atoms. The molecule has 0 aliphatic carbocycles. The lowest BCUT2D eigenvalue weighted by molar-refractivity contribution is 0.0817. The van der Waals surface area contributed by atoms with Crippen molar-refractivity contribution in [1.29, 1.82) is 0 Å². The lowest BCUT2D eigenvalue weighted by Gasteiger charge is -2.22. The number of hydrogen-bond donors (Lipinski definition) is 1. The molecular formula is C24H23BrClN5O3. The third-order valence-electron chi connectivity index (χ3n) is 6.33. The minimum Gasteiger partial charge on any atom is -0.381 e. The Bertz CT molecular complexity index is 1440. The number of benzene rings is 1. The molecule has 0 radical (unpaired) electrons. The van der Waals surface area contributed by atoms with Crippen molar-refractivity contribution in [3.8, 4) is 0 Å². The third kappa shape index (κ3) is 3.91. The Morgan fingerprint density at radius 3 is 2.82 bits per heavy atom. The van der Waals surface area contributed by atoms with Crippen molar-refractivity contribution in [2.24, 2.45) is 4.99 Å². The Hall–Kier alpha value is -2.75. The summed E-state index contributed by atoms with van der Waals surface area (Å²) in [5.74, 6) is 1.22. The zero-order valence-electron chi connectivity index (χ0n) is 18.6. The van der Waals surface area contributed by atoms with E-state index in [0.29, 0.717) is 59.1 Å². The molecule has 1 fully saturated rings. The first-order chi connectivity index (χ1) is 16.4. The van der Waals surface area contributed by atoms with Crippen molar-refractivity contribution < 1.29 is 9.53 Å². The number of aromatic amines is 1. The SMILES string of the molecule is C=NC1=C(/C=C(\C)Br)CCN1C(=O)c1cc2[nH]c(=O)c3cnc(C4CCOCC4)n3c2cc1Cl. The van der Waals surface area contributed by atoms with Gasteiger partial charge in [-0.1, -0.05) is 27.5 Å². The number of nitrogens with zero attached hydrogens (tertiary/aromatic N) is 4. The van der Waals surface area contributed by atoms with Crippen LogP contribution in [0.15, 0.2) is 50.1 Å². The largest absolute Gasteiger partial charge is 0.381 e. The van der Waals surface area contributed by atoms with Gasteiger partial charge in [0, 0.05) is 25.7 Å². The van der Waals surface area contributed by atoms with Gasteiger partial charge in [0.15, 0.2) is 0 Å². The van der Waals surface area contributed by atoms with E-state index in [0.717, 1.165) is 28.7 Å². The Kier molecular flexibility index (Phi) is 6.18. The molecule has 4 heterocycles. The molecule has 2 aromatic heterocycles. The summed E-state index contributed by atoms with van der Waals surface area (Å²) in [6.07, 6.45) is 5.86. The molecule has 2 aliphatic rings. The molecule has 0 unspecified atom stereocenters. The maximum Gasteiger partial charge on any atom is 0.274 e. The second-order valence-electron chi connectivity index (χ2n) is 8.47. The van der Waals surface area contributed by atoms with Crippen molar-refractivity contribution in [3.05, 3.63) is 67.0 Å². The molecule has 1 saturated heterocycles. The highest BCUT2D eigenvalue weighted by Crippen LogP contribution is 2.33. The van der Waals surface area contributed by atoms with Crippen LogP contribution >= 0.6 is 27.5 Å². The summed E-state index contributed by atoms with van der Waals surface area (Å²) in [4.78, 5) is 39.5. The lowest BCUT2D eigenvalue weighted by atomic mass is 9.99. The van der Waals surface area contributed by atoms with Gasteiger partial charge in [-0.3, -0.25) is 18.9 Å². The highest BCUT2D eigenvalue weighted by Gasteiger charge is 2.29. The smallest absolute Gasteiger partial charge is 0.274 e. The van der Waals surface area contributed by atoms with E-state index in [1.54, 1.807) is 23.2 Å². The summed E-state index contributed by atoms with van der Waals surface area (Å²) < 4.78 is 8.28. The van der Waals surface area contributed by atoms with Gasteiger partial charge in [0.2, 0.25) is 0 Å². The van der Waals surface area contributed by atoms with Crippen LogP contribution in [0.25, 0.3) is 16.6 Å². The van der Waals surface area contributed by atoms with Gasteiger partial charge in [-0.15, -0.1) is 0 Å². The van der Waals surface area contributed by atoms with Gasteiger partial charge in [-0.2, -0.15) is 0 Å². The number of hydrogen-bond acceptors (Lipinski definition) is 5. The maximum absolute atomic E-state index is 13.5. The molecule has 2 aliphatic heterocycles. The van der Waals surface area contributed by atoms with Crippen LogP contribution in [0.4, 0.5) is 0 Å². The van der Waals surface area contributed by atoms with Gasteiger partial charge in [0.1, 0.15) is 17.2 Å². The number of amides is 1. The van der Waals surface area contributed by atoms with E-state index in [4.69, 9.17) is 16.3 Å². The Labute approximate surface area is 209 Å². The topological polar surface area (TPSA) is 92.1 Å². The number of nitrogens with one attached hydrogen (secondary N) is 1. The van der Waals surface area contributed by atoms with Gasteiger partial charge in [0.05, 0.1) is 27.8 Å². The second-order valence-corrected chi connectivity index (χ2v) is 10.1. The molecule has 1 N–H and O–H groups in total. The number of halogens is 2. The maximum atomic E-state index is 13.5. The molecule has 0 bridgehead atoms. The highest BCUT2D eigenvalue weighted by molar-refractivity contribution is 9.11. The number of rotatable bonds is 4. The fourth-order valence-corrected chi connectivity index (χ4v) is 5.27. The molecule has 1 amide bonds. The van der Waals surface area contributed by atoms with E-state index < -0.39 is 0 Å². The number of carbonyl (C=O) groups is 1. The highest BCUT2D eigenvalue weighted by atomic mass is 79.9. The number of carbonyl (C=O) groups excluding carboxylic acids is 1. The molecular weight excluding hydrogens is 522 g/mol. The van der Waals surface area contributed by atoms with Crippen LogP contribution in [-0.4, -0.2) is 51.7 Å². The van der Waals surface area contributed by atoms with Crippen molar-refractivity contribution >= 4 is 56.7 Å². The summed E-state index contributed by atoms with van der Waals surface area (Å²) in [5, 5.41) is 0.293. The van der Waals surface area contributed by atoms with E-state index >= 15 is 0 Å². The Morgan fingerprint density at radius 2 is 2.12 bits per heavy atom. The van der Waals surface area contributed by atoms with Crippen LogP contribution in [0.3, 0.4) is 0 Å². The molecule has 10 heteroatoms. The number of aliphatic imine (C=N–C) groups is 1. The van der Waals surface area contributed by atoms with Crippen LogP contribution in [-0.2, 0) is 4.74 Å². The van der Waals surface area contributed by atoms with Crippen LogP contribution < -0.4 is 5.56 Å². The van der Waals surface area contributed by atoms with Crippen LogP contribution in [0.2, 0.25) is 5.02 Å². The molecule has 0 spiro atoms. The van der Waals surface area contributed by atoms with Crippen LogP contribution in [0.5, 0.6) is 0 Å². The minimum atomic E-state index is -0.291. The van der Waals surface area contributed by atoms with Crippen molar-refractivity contribution in [2.75, 3.05) is 19.8 Å². The standard InChI is InChI=1S/C24H23BrClN5O3/c1-13(25)9-15-3-6-30(21(15)27-2)24(33)16-10-18-19(11-17(16)26)31-20(23(32)29-18)12-28-22(31)14-4-7-34-8-5-14/h9-12,14H,2-8H2,1H3,(H,29,32)/b13-9+. The van der Waals surface area contributed by atoms with Gasteiger partial charge in [0.25, 0.3) is 11.5 Å². The zero-order valence-corrected chi connectivity index (χ0v) is 20.9. The number of fused-ring (bicyclic) bond motifs is 3. The number of allylic oxidation sites excluding steroid dienone is 2. The summed E-state index contributed by atoms with van der Waals surface area (Å²) in [5.41, 5.74) is 2.61. The first-order valence-corrected chi connectivity index (χ1v) is 12.2. The fourth-order valence-electron chi connectivity index (χ4n) is 4.75. The predicted octanol–water partition coefficient (Wildman–Crippen LogP) is 4.78. The first kappa shape index (κ1) is 23.0. The van der Waals surface area contributed by atoms with Crippen LogP contribution in [0, 0.1) is 0 Å². The summed E-state index contributed by atoms with van der Waals surface area (Å²) in [6, 6.07) is 3.36. The molecule has 3 aromatic rings. The van der Waals surface area contributed by atoms with E-state index in [-0.39, 0.29) is 17.4 Å². The molecule has 5 rings (SSSR count). The third-order valence-corrected chi connectivity index (χ3v) is 6.87. The minimum absolute atomic E-state index is 0.182. The van der Waals surface area contributed by atoms with Gasteiger partial charge in [-0.25, -0.2) is 9.98 Å². The molecule has 176 valence electrons. The monoisotopic (exact) mass is 543 g/mol.